The Kier molecular flexibility index (Phi) is 8.76. The number of nitrogens with one attached hydrogen (secondary N) is 1. The van der Waals surface area contributed by atoms with Gasteiger partial charge in [0.25, 0.3) is 5.91 Å². The number of ether oxygens (including phenoxy) is 1. The lowest BCUT2D eigenvalue weighted by molar-refractivity contribution is -0.151. The Balaban J connectivity index is 1.80. The topological polar surface area (TPSA) is 113 Å². The van der Waals surface area contributed by atoms with E-state index >= 15 is 0 Å². The number of benzene rings is 2. The number of likely N-dealkylation sites (N-methyl/N-ethyl adjacent to an activating group) is 2. The van der Waals surface area contributed by atoms with E-state index in [-0.39, 0.29) is 11.4 Å². The molecule has 0 spiro atoms. The van der Waals surface area contributed by atoms with Crippen molar-refractivity contribution in [2.75, 3.05) is 39.1 Å². The van der Waals surface area contributed by atoms with E-state index in [4.69, 9.17) is 16.3 Å². The van der Waals surface area contributed by atoms with Gasteiger partial charge in [0.1, 0.15) is 6.54 Å². The monoisotopic (exact) mass is 481 g/mol. The lowest BCUT2D eigenvalue weighted by Crippen LogP contribution is -2.38. The molecule has 0 saturated heterocycles. The summed E-state index contributed by atoms with van der Waals surface area (Å²) >= 11 is 5.76. The number of carbonyl (C=O) groups excluding carboxylic acids is 3. The summed E-state index contributed by atoms with van der Waals surface area (Å²) in [5.74, 6) is -1.93. The molecule has 9 nitrogen and oxygen atoms in total. The zero-order chi connectivity index (χ0) is 23.9. The number of aryl methyl sites for hydroxylation is 1. The number of carbonyl (C=O) groups is 3. The van der Waals surface area contributed by atoms with Gasteiger partial charge in [-0.2, -0.15) is 4.31 Å². The maximum atomic E-state index is 12.5. The third-order valence-corrected chi connectivity index (χ3v) is 6.44. The third kappa shape index (κ3) is 7.33. The van der Waals surface area contributed by atoms with Crippen LogP contribution in [0.2, 0.25) is 5.02 Å². The van der Waals surface area contributed by atoms with E-state index in [0.29, 0.717) is 10.7 Å². The minimum atomic E-state index is -3.93. The third-order valence-electron chi connectivity index (χ3n) is 4.37. The fourth-order valence-electron chi connectivity index (χ4n) is 2.49. The van der Waals surface area contributed by atoms with Crippen molar-refractivity contribution in [3.05, 3.63) is 59.1 Å². The first-order chi connectivity index (χ1) is 15.0. The van der Waals surface area contributed by atoms with Crippen molar-refractivity contribution >= 4 is 45.1 Å². The Morgan fingerprint density at radius 3 is 2.16 bits per heavy atom. The summed E-state index contributed by atoms with van der Waals surface area (Å²) in [7, 11) is -1.32. The molecular weight excluding hydrogens is 458 g/mol. The van der Waals surface area contributed by atoms with Gasteiger partial charge in [-0.25, -0.2) is 8.42 Å². The number of hydrogen-bond donors (Lipinski definition) is 1. The van der Waals surface area contributed by atoms with Crippen LogP contribution in [0.1, 0.15) is 5.56 Å². The van der Waals surface area contributed by atoms with Crippen molar-refractivity contribution in [2.45, 2.75) is 11.8 Å². The predicted octanol–water partition coefficient (Wildman–Crippen LogP) is 1.91. The number of anilines is 1. The van der Waals surface area contributed by atoms with Crippen molar-refractivity contribution in [3.8, 4) is 0 Å². The molecule has 2 aromatic carbocycles. The van der Waals surface area contributed by atoms with Crippen LogP contribution in [0.3, 0.4) is 0 Å². The molecule has 0 radical (unpaired) electrons. The van der Waals surface area contributed by atoms with Gasteiger partial charge >= 0.3 is 5.97 Å². The molecule has 0 bridgehead atoms. The van der Waals surface area contributed by atoms with Gasteiger partial charge in [0.2, 0.25) is 15.9 Å². The van der Waals surface area contributed by atoms with Crippen LogP contribution in [0.4, 0.5) is 5.69 Å². The molecule has 0 aliphatic carbocycles. The number of sulfonamides is 1. The van der Waals surface area contributed by atoms with Gasteiger partial charge in [0, 0.05) is 24.8 Å². The molecular formula is C21H24ClN3O6S. The first kappa shape index (κ1) is 25.3. The Hall–Kier alpha value is -2.95. The molecule has 0 aliphatic heterocycles. The minimum absolute atomic E-state index is 0.0346. The summed E-state index contributed by atoms with van der Waals surface area (Å²) in [6, 6.07) is 12.6. The Morgan fingerprint density at radius 1 is 0.969 bits per heavy atom. The summed E-state index contributed by atoms with van der Waals surface area (Å²) in [6.07, 6.45) is 0. The van der Waals surface area contributed by atoms with Gasteiger partial charge in [0.15, 0.2) is 6.61 Å². The summed E-state index contributed by atoms with van der Waals surface area (Å²) < 4.78 is 30.6. The van der Waals surface area contributed by atoms with Crippen molar-refractivity contribution < 1.29 is 27.5 Å². The standard InChI is InChI=1S/C21H24ClN3O6S/c1-15-4-8-17(9-5-15)23-19(26)12-24(2)20(27)14-31-21(28)13-25(3)32(29,30)18-10-6-16(22)7-11-18/h4-11H,12-14H2,1-3H3,(H,23,26). The number of esters is 1. The van der Waals surface area contributed by atoms with E-state index in [1.54, 1.807) is 12.1 Å². The maximum Gasteiger partial charge on any atom is 0.321 e. The Morgan fingerprint density at radius 2 is 1.56 bits per heavy atom. The normalized spacial score (nSPS) is 11.2. The zero-order valence-electron chi connectivity index (χ0n) is 17.9. The number of amides is 2. The highest BCUT2D eigenvalue weighted by atomic mass is 35.5. The second kappa shape index (κ2) is 11.1. The maximum absolute atomic E-state index is 12.5. The molecule has 0 aliphatic rings. The Bertz CT molecular complexity index is 1070. The second-order valence-corrected chi connectivity index (χ2v) is 9.52. The van der Waals surface area contributed by atoms with Crippen molar-refractivity contribution in [1.82, 2.24) is 9.21 Å². The highest BCUT2D eigenvalue weighted by Crippen LogP contribution is 2.17. The quantitative estimate of drug-likeness (QED) is 0.547. The van der Waals surface area contributed by atoms with Crippen LogP contribution in [0.15, 0.2) is 53.4 Å². The highest BCUT2D eigenvalue weighted by molar-refractivity contribution is 7.89. The van der Waals surface area contributed by atoms with E-state index in [9.17, 15) is 22.8 Å². The lowest BCUT2D eigenvalue weighted by atomic mass is 10.2. The molecule has 0 unspecified atom stereocenters. The van der Waals surface area contributed by atoms with Crippen molar-refractivity contribution in [2.24, 2.45) is 0 Å². The largest absolute Gasteiger partial charge is 0.455 e. The second-order valence-electron chi connectivity index (χ2n) is 7.04. The first-order valence-electron chi connectivity index (χ1n) is 9.47. The number of halogens is 1. The number of rotatable bonds is 9. The molecule has 2 aromatic rings. The van der Waals surface area contributed by atoms with Gasteiger partial charge in [-0.1, -0.05) is 29.3 Å². The van der Waals surface area contributed by atoms with E-state index in [1.807, 2.05) is 19.1 Å². The molecule has 0 atom stereocenters. The highest BCUT2D eigenvalue weighted by Gasteiger charge is 2.24. The van der Waals surface area contributed by atoms with Gasteiger partial charge in [-0.05, 0) is 43.3 Å². The van der Waals surface area contributed by atoms with Gasteiger partial charge < -0.3 is 15.0 Å². The molecule has 0 fully saturated rings. The predicted molar refractivity (Wildman–Crippen MR) is 120 cm³/mol. The van der Waals surface area contributed by atoms with Crippen LogP contribution in [0, 0.1) is 6.92 Å². The molecule has 0 saturated carbocycles. The van der Waals surface area contributed by atoms with Crippen LogP contribution >= 0.6 is 11.6 Å². The average molecular weight is 482 g/mol. The molecule has 0 aromatic heterocycles. The fourth-order valence-corrected chi connectivity index (χ4v) is 3.73. The summed E-state index contributed by atoms with van der Waals surface area (Å²) in [6.45, 7) is 0.469. The van der Waals surface area contributed by atoms with Gasteiger partial charge in [0.05, 0.1) is 11.4 Å². The molecule has 0 heterocycles. The van der Waals surface area contributed by atoms with E-state index in [0.717, 1.165) is 14.8 Å². The average Bonchev–Trinajstić information content (AvgIpc) is 2.73. The Labute approximate surface area is 192 Å². The van der Waals surface area contributed by atoms with Crippen LogP contribution in [-0.4, -0.2) is 69.2 Å². The molecule has 172 valence electrons. The van der Waals surface area contributed by atoms with Crippen LogP contribution in [0.5, 0.6) is 0 Å². The first-order valence-corrected chi connectivity index (χ1v) is 11.3. The van der Waals surface area contributed by atoms with Gasteiger partial charge in [-0.15, -0.1) is 0 Å². The fraction of sp³-hybridized carbons (Fsp3) is 0.286. The van der Waals surface area contributed by atoms with Gasteiger partial charge in [-0.3, -0.25) is 14.4 Å². The molecule has 2 amide bonds. The number of nitrogens with zero attached hydrogens (tertiary/aromatic N) is 2. The summed E-state index contributed by atoms with van der Waals surface area (Å²) in [5, 5.41) is 3.04. The minimum Gasteiger partial charge on any atom is -0.455 e. The molecule has 2 rings (SSSR count). The van der Waals surface area contributed by atoms with E-state index in [2.05, 4.69) is 5.32 Å². The number of hydrogen-bond acceptors (Lipinski definition) is 6. The van der Waals surface area contributed by atoms with Crippen LogP contribution < -0.4 is 5.32 Å². The van der Waals surface area contributed by atoms with Crippen LogP contribution in [-0.2, 0) is 29.1 Å². The van der Waals surface area contributed by atoms with E-state index < -0.39 is 41.0 Å². The van der Waals surface area contributed by atoms with Crippen LogP contribution in [0.25, 0.3) is 0 Å². The SMILES string of the molecule is Cc1ccc(NC(=O)CN(C)C(=O)COC(=O)CN(C)S(=O)(=O)c2ccc(Cl)cc2)cc1. The summed E-state index contributed by atoms with van der Waals surface area (Å²) in [4.78, 5) is 37.3. The molecule has 11 heteroatoms. The summed E-state index contributed by atoms with van der Waals surface area (Å²) in [5.41, 5.74) is 1.64. The van der Waals surface area contributed by atoms with Crippen molar-refractivity contribution in [1.29, 1.82) is 0 Å². The molecule has 32 heavy (non-hydrogen) atoms. The smallest absolute Gasteiger partial charge is 0.321 e. The lowest BCUT2D eigenvalue weighted by Gasteiger charge is -2.18. The molecule has 1 N–H and O–H groups in total. The zero-order valence-corrected chi connectivity index (χ0v) is 19.4. The van der Waals surface area contributed by atoms with Crippen molar-refractivity contribution in [3.63, 3.8) is 0 Å². The van der Waals surface area contributed by atoms with E-state index in [1.165, 1.54) is 38.4 Å².